The second kappa shape index (κ2) is 7.65. The monoisotopic (exact) mass is 223 g/mol. The van der Waals surface area contributed by atoms with Gasteiger partial charge in [-0.05, 0) is 32.4 Å². The van der Waals surface area contributed by atoms with E-state index in [2.05, 4.69) is 23.3 Å². The molecule has 0 aromatic carbocycles. The SMILES string of the molecule is CCNC(C#N)CN(C)CC1CCCCC1. The first kappa shape index (κ1) is 13.5. The Labute approximate surface area is 99.8 Å². The van der Waals surface area contributed by atoms with Crippen LogP contribution in [0.5, 0.6) is 0 Å². The van der Waals surface area contributed by atoms with Crippen molar-refractivity contribution in [2.75, 3.05) is 26.7 Å². The van der Waals surface area contributed by atoms with E-state index >= 15 is 0 Å². The summed E-state index contributed by atoms with van der Waals surface area (Å²) in [6.07, 6.45) is 6.96. The molecule has 1 atom stereocenters. The Balaban J connectivity index is 2.22. The fraction of sp³-hybridized carbons (Fsp3) is 0.923. The summed E-state index contributed by atoms with van der Waals surface area (Å²) in [7, 11) is 2.14. The number of rotatable bonds is 6. The van der Waals surface area contributed by atoms with Crippen LogP contribution < -0.4 is 5.32 Å². The number of hydrogen-bond donors (Lipinski definition) is 1. The second-order valence-electron chi connectivity index (χ2n) is 4.96. The van der Waals surface area contributed by atoms with E-state index in [0.29, 0.717) is 0 Å². The number of nitrogens with zero attached hydrogens (tertiary/aromatic N) is 2. The first-order valence-corrected chi connectivity index (χ1v) is 6.57. The van der Waals surface area contributed by atoms with Crippen LogP contribution in [0, 0.1) is 17.2 Å². The van der Waals surface area contributed by atoms with Gasteiger partial charge in [0.05, 0.1) is 6.07 Å². The highest BCUT2D eigenvalue weighted by Crippen LogP contribution is 2.23. The third-order valence-electron chi connectivity index (χ3n) is 3.40. The Morgan fingerprint density at radius 3 is 2.62 bits per heavy atom. The molecule has 1 fully saturated rings. The zero-order valence-corrected chi connectivity index (χ0v) is 10.7. The van der Waals surface area contributed by atoms with E-state index in [-0.39, 0.29) is 6.04 Å². The first-order valence-electron chi connectivity index (χ1n) is 6.57. The molecule has 3 heteroatoms. The van der Waals surface area contributed by atoms with Crippen LogP contribution in [0.4, 0.5) is 0 Å². The molecule has 0 bridgehead atoms. The van der Waals surface area contributed by atoms with Gasteiger partial charge in [-0.15, -0.1) is 0 Å². The third kappa shape index (κ3) is 4.96. The van der Waals surface area contributed by atoms with E-state index in [4.69, 9.17) is 5.26 Å². The van der Waals surface area contributed by atoms with Crippen LogP contribution in [-0.4, -0.2) is 37.6 Å². The molecular weight excluding hydrogens is 198 g/mol. The van der Waals surface area contributed by atoms with Crippen LogP contribution in [0.25, 0.3) is 0 Å². The van der Waals surface area contributed by atoms with Gasteiger partial charge in [-0.1, -0.05) is 26.2 Å². The topological polar surface area (TPSA) is 39.1 Å². The Morgan fingerprint density at radius 1 is 1.38 bits per heavy atom. The molecule has 0 aromatic heterocycles. The molecule has 1 aliphatic carbocycles. The molecule has 16 heavy (non-hydrogen) atoms. The summed E-state index contributed by atoms with van der Waals surface area (Å²) in [6.45, 7) is 4.92. The van der Waals surface area contributed by atoms with Gasteiger partial charge in [0.1, 0.15) is 6.04 Å². The lowest BCUT2D eigenvalue weighted by Crippen LogP contribution is -2.40. The Bertz CT molecular complexity index is 216. The maximum Gasteiger partial charge on any atom is 0.108 e. The Hall–Kier alpha value is -0.590. The normalized spacial score (nSPS) is 19.6. The van der Waals surface area contributed by atoms with E-state index in [1.165, 1.54) is 32.1 Å². The Kier molecular flexibility index (Phi) is 6.44. The molecular formula is C13H25N3. The average molecular weight is 223 g/mol. The number of nitriles is 1. The molecule has 0 amide bonds. The average Bonchev–Trinajstić information content (AvgIpc) is 2.29. The van der Waals surface area contributed by atoms with Crippen molar-refractivity contribution in [1.29, 1.82) is 5.26 Å². The highest BCUT2D eigenvalue weighted by Gasteiger charge is 2.17. The van der Waals surface area contributed by atoms with Gasteiger partial charge in [0.2, 0.25) is 0 Å². The molecule has 1 saturated carbocycles. The van der Waals surface area contributed by atoms with Crippen molar-refractivity contribution < 1.29 is 0 Å². The summed E-state index contributed by atoms with van der Waals surface area (Å²) >= 11 is 0. The predicted molar refractivity (Wildman–Crippen MR) is 67.1 cm³/mol. The molecule has 1 aliphatic rings. The number of nitrogens with one attached hydrogen (secondary N) is 1. The van der Waals surface area contributed by atoms with Gasteiger partial charge in [-0.25, -0.2) is 0 Å². The van der Waals surface area contributed by atoms with Gasteiger partial charge in [0.25, 0.3) is 0 Å². The summed E-state index contributed by atoms with van der Waals surface area (Å²) in [6, 6.07) is 2.30. The molecule has 0 saturated heterocycles. The van der Waals surface area contributed by atoms with Crippen molar-refractivity contribution in [1.82, 2.24) is 10.2 Å². The van der Waals surface area contributed by atoms with E-state index in [1.807, 2.05) is 6.92 Å². The lowest BCUT2D eigenvalue weighted by atomic mass is 9.89. The van der Waals surface area contributed by atoms with Crippen molar-refractivity contribution in [3.8, 4) is 6.07 Å². The van der Waals surface area contributed by atoms with E-state index in [9.17, 15) is 0 Å². The van der Waals surface area contributed by atoms with Gasteiger partial charge in [0.15, 0.2) is 0 Å². The second-order valence-corrected chi connectivity index (χ2v) is 4.96. The molecule has 1 N–H and O–H groups in total. The first-order chi connectivity index (χ1) is 7.76. The highest BCUT2D eigenvalue weighted by atomic mass is 15.1. The van der Waals surface area contributed by atoms with Crippen LogP contribution >= 0.6 is 0 Å². The summed E-state index contributed by atoms with van der Waals surface area (Å²) < 4.78 is 0. The molecule has 0 aromatic rings. The van der Waals surface area contributed by atoms with Crippen molar-refractivity contribution in [2.24, 2.45) is 5.92 Å². The van der Waals surface area contributed by atoms with Crippen LogP contribution in [0.3, 0.4) is 0 Å². The molecule has 0 aliphatic heterocycles. The Morgan fingerprint density at radius 2 is 2.06 bits per heavy atom. The molecule has 1 unspecified atom stereocenters. The van der Waals surface area contributed by atoms with Crippen LogP contribution in [0.15, 0.2) is 0 Å². The van der Waals surface area contributed by atoms with Crippen LogP contribution in [0.1, 0.15) is 39.0 Å². The summed E-state index contributed by atoms with van der Waals surface area (Å²) in [5.74, 6) is 0.861. The molecule has 1 rings (SSSR count). The third-order valence-corrected chi connectivity index (χ3v) is 3.40. The smallest absolute Gasteiger partial charge is 0.108 e. The van der Waals surface area contributed by atoms with Crippen molar-refractivity contribution in [2.45, 2.75) is 45.1 Å². The lowest BCUT2D eigenvalue weighted by molar-refractivity contribution is 0.225. The number of hydrogen-bond acceptors (Lipinski definition) is 3. The minimum absolute atomic E-state index is 0.0152. The van der Waals surface area contributed by atoms with E-state index < -0.39 is 0 Å². The van der Waals surface area contributed by atoms with E-state index in [0.717, 1.165) is 25.6 Å². The predicted octanol–water partition coefficient (Wildman–Crippen LogP) is 2.00. The minimum Gasteiger partial charge on any atom is -0.303 e. The molecule has 3 nitrogen and oxygen atoms in total. The minimum atomic E-state index is -0.0152. The van der Waals surface area contributed by atoms with Gasteiger partial charge < -0.3 is 10.2 Å². The molecule has 0 heterocycles. The van der Waals surface area contributed by atoms with Crippen LogP contribution in [-0.2, 0) is 0 Å². The van der Waals surface area contributed by atoms with Gasteiger partial charge in [-0.3, -0.25) is 0 Å². The summed E-state index contributed by atoms with van der Waals surface area (Å²) in [5.41, 5.74) is 0. The van der Waals surface area contributed by atoms with E-state index in [1.54, 1.807) is 0 Å². The molecule has 0 radical (unpaired) electrons. The largest absolute Gasteiger partial charge is 0.303 e. The standard InChI is InChI=1S/C13H25N3/c1-3-15-13(9-14)11-16(2)10-12-7-5-4-6-8-12/h12-13,15H,3-8,10-11H2,1-2H3. The number of likely N-dealkylation sites (N-methyl/N-ethyl adjacent to an activating group) is 2. The maximum absolute atomic E-state index is 8.97. The fourth-order valence-electron chi connectivity index (χ4n) is 2.59. The van der Waals surface area contributed by atoms with Crippen molar-refractivity contribution in [3.05, 3.63) is 0 Å². The van der Waals surface area contributed by atoms with Gasteiger partial charge in [0, 0.05) is 13.1 Å². The summed E-state index contributed by atoms with van der Waals surface area (Å²) in [4.78, 5) is 2.31. The van der Waals surface area contributed by atoms with Gasteiger partial charge >= 0.3 is 0 Å². The quantitative estimate of drug-likeness (QED) is 0.748. The summed E-state index contributed by atoms with van der Waals surface area (Å²) in [5, 5.41) is 12.2. The van der Waals surface area contributed by atoms with Gasteiger partial charge in [-0.2, -0.15) is 5.26 Å². The zero-order chi connectivity index (χ0) is 11.8. The zero-order valence-electron chi connectivity index (χ0n) is 10.7. The van der Waals surface area contributed by atoms with Crippen molar-refractivity contribution >= 4 is 0 Å². The molecule has 92 valence electrons. The fourth-order valence-corrected chi connectivity index (χ4v) is 2.59. The van der Waals surface area contributed by atoms with Crippen LogP contribution in [0.2, 0.25) is 0 Å². The highest BCUT2D eigenvalue weighted by molar-refractivity contribution is 4.91. The maximum atomic E-state index is 8.97. The van der Waals surface area contributed by atoms with Crippen molar-refractivity contribution in [3.63, 3.8) is 0 Å². The lowest BCUT2D eigenvalue weighted by Gasteiger charge is -2.28. The molecule has 0 spiro atoms.